The van der Waals surface area contributed by atoms with E-state index in [4.69, 9.17) is 4.74 Å². The molecule has 0 aromatic heterocycles. The Morgan fingerprint density at radius 1 is 1.21 bits per heavy atom. The third kappa shape index (κ3) is 4.75. The number of anilines is 1. The van der Waals surface area contributed by atoms with Gasteiger partial charge in [0.05, 0.1) is 16.7 Å². The van der Waals surface area contributed by atoms with Crippen molar-refractivity contribution in [2.45, 2.75) is 28.7 Å². The Morgan fingerprint density at radius 3 is 2.57 bits per heavy atom. The summed E-state index contributed by atoms with van der Waals surface area (Å²) in [5, 5.41) is 2.87. The number of sulfonamides is 1. The van der Waals surface area contributed by atoms with E-state index in [9.17, 15) is 13.2 Å². The molecule has 3 rings (SSSR count). The van der Waals surface area contributed by atoms with Crippen molar-refractivity contribution in [1.82, 2.24) is 4.31 Å². The number of likely N-dealkylation sites (N-methyl/N-ethyl adjacent to an activating group) is 1. The van der Waals surface area contributed by atoms with E-state index in [-0.39, 0.29) is 16.9 Å². The van der Waals surface area contributed by atoms with E-state index in [1.807, 2.05) is 30.5 Å². The summed E-state index contributed by atoms with van der Waals surface area (Å²) in [6.07, 6.45) is 3.72. The van der Waals surface area contributed by atoms with E-state index in [0.29, 0.717) is 18.7 Å². The molecule has 1 unspecified atom stereocenters. The largest absolute Gasteiger partial charge is 0.377 e. The fraction of sp³-hybridized carbons (Fsp3) is 0.350. The highest BCUT2D eigenvalue weighted by atomic mass is 32.2. The highest BCUT2D eigenvalue weighted by Crippen LogP contribution is 2.25. The van der Waals surface area contributed by atoms with E-state index in [2.05, 4.69) is 5.32 Å². The Labute approximate surface area is 170 Å². The fourth-order valence-corrected chi connectivity index (χ4v) is 4.83. The van der Waals surface area contributed by atoms with Gasteiger partial charge in [-0.15, -0.1) is 11.8 Å². The van der Waals surface area contributed by atoms with E-state index in [1.165, 1.54) is 28.6 Å². The average molecular weight is 421 g/mol. The lowest BCUT2D eigenvalue weighted by molar-refractivity contribution is 0.0979. The normalized spacial score (nSPS) is 17.0. The molecule has 1 atom stereocenters. The molecule has 1 saturated heterocycles. The first kappa shape index (κ1) is 20.9. The molecule has 1 amide bonds. The molecular weight excluding hydrogens is 396 g/mol. The van der Waals surface area contributed by atoms with Crippen molar-refractivity contribution in [2.75, 3.05) is 31.8 Å². The lowest BCUT2D eigenvalue weighted by atomic mass is 10.2. The van der Waals surface area contributed by atoms with Crippen molar-refractivity contribution >= 4 is 33.4 Å². The van der Waals surface area contributed by atoms with Gasteiger partial charge in [0.2, 0.25) is 10.0 Å². The van der Waals surface area contributed by atoms with Crippen LogP contribution in [0, 0.1) is 0 Å². The van der Waals surface area contributed by atoms with Crippen LogP contribution < -0.4 is 5.32 Å². The smallest absolute Gasteiger partial charge is 0.255 e. The van der Waals surface area contributed by atoms with Crippen molar-refractivity contribution in [3.63, 3.8) is 0 Å². The maximum Gasteiger partial charge on any atom is 0.255 e. The van der Waals surface area contributed by atoms with Crippen LogP contribution in [0.2, 0.25) is 0 Å². The molecule has 0 saturated carbocycles. The molecule has 1 aliphatic heterocycles. The SMILES string of the molecule is CSc1ccccc1NC(=O)c1ccc(S(=O)(=O)N(C)CC2CCCO2)cc1. The summed E-state index contributed by atoms with van der Waals surface area (Å²) in [7, 11) is -2.07. The molecule has 0 radical (unpaired) electrons. The Morgan fingerprint density at radius 2 is 1.93 bits per heavy atom. The molecule has 1 fully saturated rings. The Hall–Kier alpha value is -1.87. The van der Waals surface area contributed by atoms with E-state index >= 15 is 0 Å². The second kappa shape index (κ2) is 9.09. The minimum absolute atomic E-state index is 0.0543. The predicted octanol–water partition coefficient (Wildman–Crippen LogP) is 3.46. The molecule has 1 aliphatic rings. The first-order chi connectivity index (χ1) is 13.4. The molecule has 0 spiro atoms. The summed E-state index contributed by atoms with van der Waals surface area (Å²) < 4.78 is 32.3. The average Bonchev–Trinajstić information content (AvgIpc) is 3.21. The van der Waals surface area contributed by atoms with Gasteiger partial charge in [-0.1, -0.05) is 12.1 Å². The summed E-state index contributed by atoms with van der Waals surface area (Å²) in [4.78, 5) is 13.6. The van der Waals surface area contributed by atoms with Gasteiger partial charge in [0.25, 0.3) is 5.91 Å². The lowest BCUT2D eigenvalue weighted by Gasteiger charge is -2.20. The molecule has 1 heterocycles. The van der Waals surface area contributed by atoms with Crippen LogP contribution in [-0.2, 0) is 14.8 Å². The van der Waals surface area contributed by atoms with E-state index < -0.39 is 10.0 Å². The van der Waals surface area contributed by atoms with Gasteiger partial charge in [-0.25, -0.2) is 8.42 Å². The van der Waals surface area contributed by atoms with Gasteiger partial charge in [0.15, 0.2) is 0 Å². The quantitative estimate of drug-likeness (QED) is 0.694. The zero-order valence-corrected chi connectivity index (χ0v) is 17.6. The van der Waals surface area contributed by atoms with Gasteiger partial charge in [-0.2, -0.15) is 4.31 Å². The van der Waals surface area contributed by atoms with Crippen molar-refractivity contribution < 1.29 is 17.9 Å². The van der Waals surface area contributed by atoms with Crippen molar-refractivity contribution in [3.8, 4) is 0 Å². The van der Waals surface area contributed by atoms with Gasteiger partial charge in [0.1, 0.15) is 0 Å². The van der Waals surface area contributed by atoms with Crippen LogP contribution in [0.25, 0.3) is 0 Å². The number of para-hydroxylation sites is 1. The zero-order valence-electron chi connectivity index (χ0n) is 15.9. The number of amides is 1. The molecule has 2 aromatic carbocycles. The number of hydrogen-bond donors (Lipinski definition) is 1. The van der Waals surface area contributed by atoms with Gasteiger partial charge >= 0.3 is 0 Å². The molecule has 150 valence electrons. The lowest BCUT2D eigenvalue weighted by Crippen LogP contribution is -2.34. The molecule has 2 aromatic rings. The second-order valence-electron chi connectivity index (χ2n) is 6.60. The Balaban J connectivity index is 1.70. The number of nitrogens with one attached hydrogen (secondary N) is 1. The third-order valence-corrected chi connectivity index (χ3v) is 7.30. The number of benzene rings is 2. The first-order valence-corrected chi connectivity index (χ1v) is 11.7. The van der Waals surface area contributed by atoms with Crippen LogP contribution >= 0.6 is 11.8 Å². The minimum Gasteiger partial charge on any atom is -0.377 e. The summed E-state index contributed by atoms with van der Waals surface area (Å²) in [6.45, 7) is 1.01. The highest BCUT2D eigenvalue weighted by molar-refractivity contribution is 7.98. The number of nitrogens with zero attached hydrogens (tertiary/aromatic N) is 1. The maximum absolute atomic E-state index is 12.7. The number of carbonyl (C=O) groups excluding carboxylic acids is 1. The standard InChI is InChI=1S/C20H24N2O4S2/c1-22(14-16-6-5-13-26-16)28(24,25)17-11-9-15(10-12-17)20(23)21-18-7-3-4-8-19(18)27-2/h3-4,7-12,16H,5-6,13-14H2,1-2H3,(H,21,23). The summed E-state index contributed by atoms with van der Waals surface area (Å²) >= 11 is 1.54. The molecular formula is C20H24N2O4S2. The monoisotopic (exact) mass is 420 g/mol. The molecule has 6 nitrogen and oxygen atoms in total. The highest BCUT2D eigenvalue weighted by Gasteiger charge is 2.26. The Kier molecular flexibility index (Phi) is 6.77. The van der Waals surface area contributed by atoms with E-state index in [1.54, 1.807) is 18.8 Å². The second-order valence-corrected chi connectivity index (χ2v) is 9.49. The molecule has 28 heavy (non-hydrogen) atoms. The number of hydrogen-bond acceptors (Lipinski definition) is 5. The number of carbonyl (C=O) groups is 1. The predicted molar refractivity (Wildman–Crippen MR) is 111 cm³/mol. The van der Waals surface area contributed by atoms with Crippen molar-refractivity contribution in [3.05, 3.63) is 54.1 Å². The fourth-order valence-electron chi connectivity index (χ4n) is 3.07. The van der Waals surface area contributed by atoms with Crippen LogP contribution in [0.5, 0.6) is 0 Å². The minimum atomic E-state index is -3.62. The Bertz CT molecular complexity index is 923. The van der Waals surface area contributed by atoms with Crippen molar-refractivity contribution in [1.29, 1.82) is 0 Å². The summed E-state index contributed by atoms with van der Waals surface area (Å²) in [6, 6.07) is 13.5. The molecule has 1 N–H and O–H groups in total. The van der Waals surface area contributed by atoms with Crippen LogP contribution in [0.15, 0.2) is 58.3 Å². The van der Waals surface area contributed by atoms with Crippen LogP contribution in [0.4, 0.5) is 5.69 Å². The maximum atomic E-state index is 12.7. The number of ether oxygens (including phenoxy) is 1. The van der Waals surface area contributed by atoms with Crippen LogP contribution in [0.1, 0.15) is 23.2 Å². The van der Waals surface area contributed by atoms with Crippen molar-refractivity contribution in [2.24, 2.45) is 0 Å². The topological polar surface area (TPSA) is 75.7 Å². The zero-order chi connectivity index (χ0) is 20.1. The molecule has 8 heteroatoms. The van der Waals surface area contributed by atoms with Gasteiger partial charge < -0.3 is 10.1 Å². The van der Waals surface area contributed by atoms with Crippen LogP contribution in [0.3, 0.4) is 0 Å². The molecule has 0 aliphatic carbocycles. The third-order valence-electron chi connectivity index (χ3n) is 4.66. The summed E-state index contributed by atoms with van der Waals surface area (Å²) in [5.74, 6) is -0.279. The molecule has 0 bridgehead atoms. The van der Waals surface area contributed by atoms with Gasteiger partial charge in [0, 0.05) is 30.7 Å². The van der Waals surface area contributed by atoms with Gasteiger partial charge in [-0.3, -0.25) is 4.79 Å². The number of thioether (sulfide) groups is 1. The number of rotatable bonds is 7. The van der Waals surface area contributed by atoms with Crippen LogP contribution in [-0.4, -0.2) is 51.2 Å². The summed E-state index contributed by atoms with van der Waals surface area (Å²) in [5.41, 5.74) is 1.13. The first-order valence-electron chi connectivity index (χ1n) is 9.04. The van der Waals surface area contributed by atoms with Gasteiger partial charge in [-0.05, 0) is 55.5 Å². The van der Waals surface area contributed by atoms with E-state index in [0.717, 1.165) is 23.4 Å².